The second-order valence-corrected chi connectivity index (χ2v) is 14.7. The summed E-state index contributed by atoms with van der Waals surface area (Å²) in [6.07, 6.45) is 0. The zero-order valence-electron chi connectivity index (χ0n) is 18.5. The highest BCUT2D eigenvalue weighted by Crippen LogP contribution is 2.72. The summed E-state index contributed by atoms with van der Waals surface area (Å²) in [5.74, 6) is 0. The van der Waals surface area contributed by atoms with E-state index in [0.29, 0.717) is 0 Å². The van der Waals surface area contributed by atoms with Crippen molar-refractivity contribution in [2.45, 2.75) is 111 Å². The summed E-state index contributed by atoms with van der Waals surface area (Å²) in [5.41, 5.74) is 1.28. The molecule has 0 amide bonds. The maximum atomic E-state index is 13.7. The predicted octanol–water partition coefficient (Wildman–Crippen LogP) is 5.88. The van der Waals surface area contributed by atoms with Crippen molar-refractivity contribution in [3.8, 4) is 0 Å². The fraction of sp³-hybridized carbons (Fsp3) is 1.00. The Morgan fingerprint density at radius 2 is 0.692 bits per heavy atom. The molecular weight excluding hydrogens is 376 g/mol. The molecule has 0 aromatic heterocycles. The molecule has 0 aromatic carbocycles. The van der Waals surface area contributed by atoms with Crippen LogP contribution in [0.1, 0.15) is 83.1 Å². The molecule has 158 valence electrons. The van der Waals surface area contributed by atoms with E-state index in [4.69, 9.17) is 23.8 Å². The first-order valence-electron chi connectivity index (χ1n) is 8.76. The molecule has 0 bridgehead atoms. The van der Waals surface area contributed by atoms with Crippen molar-refractivity contribution < 1.29 is 27.2 Å². The van der Waals surface area contributed by atoms with Crippen molar-refractivity contribution in [1.82, 2.24) is 0 Å². The van der Waals surface area contributed by atoms with Gasteiger partial charge in [0.25, 0.3) is 0 Å². The van der Waals surface area contributed by atoms with E-state index in [9.17, 15) is 9.13 Å². The molecule has 2 N–H and O–H groups in total. The van der Waals surface area contributed by atoms with Gasteiger partial charge >= 0.3 is 15.2 Å². The summed E-state index contributed by atoms with van der Waals surface area (Å²) in [5, 5.41) is 0. The van der Waals surface area contributed by atoms with Crippen LogP contribution in [0.4, 0.5) is 0 Å². The zero-order valence-corrected chi connectivity index (χ0v) is 20.3. The van der Waals surface area contributed by atoms with Crippen molar-refractivity contribution >= 4 is 15.2 Å². The molecule has 0 heterocycles. The average molecular weight is 415 g/mol. The van der Waals surface area contributed by atoms with E-state index in [1.165, 1.54) is 0 Å². The van der Waals surface area contributed by atoms with Crippen molar-refractivity contribution in [2.24, 2.45) is 5.73 Å². The number of rotatable bonds is 6. The van der Waals surface area contributed by atoms with Crippen LogP contribution < -0.4 is 5.73 Å². The smallest absolute Gasteiger partial charge is 0.308 e. The monoisotopic (exact) mass is 415 g/mol. The molecule has 0 saturated heterocycles. The molecule has 0 saturated carbocycles. The second-order valence-electron chi connectivity index (χ2n) is 10.3. The fourth-order valence-electron chi connectivity index (χ4n) is 1.95. The maximum absolute atomic E-state index is 13.7. The normalized spacial score (nSPS) is 15.6. The van der Waals surface area contributed by atoms with Crippen LogP contribution in [-0.4, -0.2) is 27.9 Å². The molecule has 26 heavy (non-hydrogen) atoms. The standard InChI is InChI=1S/C17H39NO6P2/c1-14(2,3)21-25(19,22-15(4,5)6)13(18)26(20,23-16(7,8)9)24-17(10,11)12/h13H,18H2,1-12H3. The van der Waals surface area contributed by atoms with Gasteiger partial charge in [-0.05, 0) is 83.1 Å². The highest BCUT2D eigenvalue weighted by Gasteiger charge is 2.54. The SMILES string of the molecule is CC(C)(C)OP(=O)(OC(C)(C)C)C(N)P(=O)(OC(C)(C)C)OC(C)(C)C. The molecule has 0 atom stereocenters. The second kappa shape index (κ2) is 7.94. The lowest BCUT2D eigenvalue weighted by atomic mass is 10.2. The Morgan fingerprint density at radius 3 is 0.808 bits per heavy atom. The summed E-state index contributed by atoms with van der Waals surface area (Å²) in [7, 11) is -8.16. The van der Waals surface area contributed by atoms with Gasteiger partial charge in [0.1, 0.15) is 0 Å². The van der Waals surface area contributed by atoms with Gasteiger partial charge in [0.2, 0.25) is 5.52 Å². The van der Waals surface area contributed by atoms with E-state index in [0.717, 1.165) is 0 Å². The maximum Gasteiger partial charge on any atom is 0.360 e. The third-order valence-corrected chi connectivity index (χ3v) is 8.45. The van der Waals surface area contributed by atoms with Crippen molar-refractivity contribution in [3.05, 3.63) is 0 Å². The molecule has 0 unspecified atom stereocenters. The highest BCUT2D eigenvalue weighted by molar-refractivity contribution is 7.72. The lowest BCUT2D eigenvalue weighted by Crippen LogP contribution is -2.36. The zero-order chi connectivity index (χ0) is 21.4. The quantitative estimate of drug-likeness (QED) is 0.541. The summed E-state index contributed by atoms with van der Waals surface area (Å²) in [6, 6.07) is 0. The van der Waals surface area contributed by atoms with Crippen LogP contribution in [0.5, 0.6) is 0 Å². The van der Waals surface area contributed by atoms with Crippen LogP contribution in [0.15, 0.2) is 0 Å². The summed E-state index contributed by atoms with van der Waals surface area (Å²) in [4.78, 5) is 0. The average Bonchev–Trinajstić information content (AvgIpc) is 2.16. The van der Waals surface area contributed by atoms with E-state index < -0.39 is 43.1 Å². The summed E-state index contributed by atoms with van der Waals surface area (Å²) < 4.78 is 50.2. The highest BCUT2D eigenvalue weighted by atomic mass is 31.2. The number of hydrogen-bond donors (Lipinski definition) is 1. The van der Waals surface area contributed by atoms with Crippen LogP contribution in [0.25, 0.3) is 0 Å². The van der Waals surface area contributed by atoms with Crippen LogP contribution >= 0.6 is 15.2 Å². The lowest BCUT2D eigenvalue weighted by Gasteiger charge is -2.40. The molecule has 0 fully saturated rings. The van der Waals surface area contributed by atoms with Gasteiger partial charge in [0.05, 0.1) is 22.4 Å². The molecule has 0 aromatic rings. The lowest BCUT2D eigenvalue weighted by molar-refractivity contribution is 0.0347. The molecule has 0 radical (unpaired) electrons. The van der Waals surface area contributed by atoms with Gasteiger partial charge in [0, 0.05) is 0 Å². The van der Waals surface area contributed by atoms with E-state index >= 15 is 0 Å². The summed E-state index contributed by atoms with van der Waals surface area (Å²) in [6.45, 7) is 20.6. The first kappa shape index (κ1) is 26.3. The van der Waals surface area contributed by atoms with E-state index in [1.54, 1.807) is 83.1 Å². The molecule has 0 aliphatic carbocycles. The van der Waals surface area contributed by atoms with Gasteiger partial charge < -0.3 is 23.8 Å². The molecule has 7 nitrogen and oxygen atoms in total. The van der Waals surface area contributed by atoms with Gasteiger partial charge in [0.15, 0.2) is 0 Å². The van der Waals surface area contributed by atoms with Crippen LogP contribution in [0.2, 0.25) is 0 Å². The Hall–Kier alpha value is 0.260. The third-order valence-electron chi connectivity index (χ3n) is 2.25. The Balaban J connectivity index is 6.23. The van der Waals surface area contributed by atoms with Crippen molar-refractivity contribution in [1.29, 1.82) is 0 Å². The first-order valence-corrected chi connectivity index (χ1v) is 12.0. The van der Waals surface area contributed by atoms with Crippen LogP contribution in [-0.2, 0) is 27.2 Å². The fourth-order valence-corrected chi connectivity index (χ4v) is 7.46. The largest absolute Gasteiger partial charge is 0.360 e. The van der Waals surface area contributed by atoms with Crippen molar-refractivity contribution in [2.75, 3.05) is 0 Å². The van der Waals surface area contributed by atoms with Crippen molar-refractivity contribution in [3.63, 3.8) is 0 Å². The summed E-state index contributed by atoms with van der Waals surface area (Å²) >= 11 is 0. The molecule has 0 spiro atoms. The minimum atomic E-state index is -4.08. The first-order chi connectivity index (χ1) is 11.0. The number of nitrogens with two attached hydrogens (primary N) is 1. The minimum Gasteiger partial charge on any atom is -0.308 e. The van der Waals surface area contributed by atoms with E-state index in [1.807, 2.05) is 0 Å². The Labute approximate surface area is 159 Å². The van der Waals surface area contributed by atoms with E-state index in [2.05, 4.69) is 0 Å². The van der Waals surface area contributed by atoms with Gasteiger partial charge in [-0.1, -0.05) is 0 Å². The molecule has 0 aliphatic rings. The Morgan fingerprint density at radius 1 is 0.538 bits per heavy atom. The molecule has 9 heteroatoms. The van der Waals surface area contributed by atoms with Gasteiger partial charge in [-0.25, -0.2) is 0 Å². The Kier molecular flexibility index (Phi) is 8.02. The van der Waals surface area contributed by atoms with E-state index in [-0.39, 0.29) is 0 Å². The topological polar surface area (TPSA) is 97.1 Å². The minimum absolute atomic E-state index is 0.841. The molecule has 0 aliphatic heterocycles. The predicted molar refractivity (Wildman–Crippen MR) is 107 cm³/mol. The number of hydrogen-bond acceptors (Lipinski definition) is 7. The third kappa shape index (κ3) is 9.98. The van der Waals surface area contributed by atoms with Crippen LogP contribution in [0.3, 0.4) is 0 Å². The van der Waals surface area contributed by atoms with Gasteiger partial charge in [-0.3, -0.25) is 9.13 Å². The Bertz CT molecular complexity index is 474. The van der Waals surface area contributed by atoms with Gasteiger partial charge in [-0.15, -0.1) is 0 Å². The van der Waals surface area contributed by atoms with Gasteiger partial charge in [-0.2, -0.15) is 0 Å². The van der Waals surface area contributed by atoms with Crippen LogP contribution in [0, 0.1) is 0 Å². The molecule has 0 rings (SSSR count). The molecular formula is C17H39NO6P2.